The molecule has 0 saturated carbocycles. The van der Waals surface area contributed by atoms with E-state index >= 15 is 0 Å². The molecule has 2 aromatic heterocycles. The molecule has 29 heavy (non-hydrogen) atoms. The number of imidazole rings is 1. The van der Waals surface area contributed by atoms with Gasteiger partial charge in [-0.15, -0.1) is 0 Å². The zero-order valence-corrected chi connectivity index (χ0v) is 18.9. The standard InChI is InChI=1S/C26H31N3/c1-24(2,3)22-13-16-11-9-10-12-17(16)23-27-20-14-18-19(15-21(20)29(22)23)26(6,7)28(8)25(18,4)5/h9-15H,1-8H3. The second kappa shape index (κ2) is 5.40. The fraction of sp³-hybridized carbons (Fsp3) is 0.423. The molecule has 0 spiro atoms. The van der Waals surface area contributed by atoms with E-state index in [2.05, 4.69) is 107 Å². The van der Waals surface area contributed by atoms with Crippen molar-refractivity contribution in [2.24, 2.45) is 0 Å². The smallest absolute Gasteiger partial charge is 0.146 e. The number of benzene rings is 2. The third-order valence-electron chi connectivity index (χ3n) is 7.29. The van der Waals surface area contributed by atoms with Crippen LogP contribution in [0.15, 0.2) is 42.5 Å². The van der Waals surface area contributed by atoms with E-state index in [0.717, 1.165) is 11.2 Å². The van der Waals surface area contributed by atoms with Gasteiger partial charge in [-0.25, -0.2) is 4.98 Å². The van der Waals surface area contributed by atoms with E-state index in [1.807, 2.05) is 0 Å². The van der Waals surface area contributed by atoms with Crippen molar-refractivity contribution >= 4 is 27.5 Å². The summed E-state index contributed by atoms with van der Waals surface area (Å²) in [5.74, 6) is 0. The van der Waals surface area contributed by atoms with E-state index in [1.54, 1.807) is 0 Å². The maximum Gasteiger partial charge on any atom is 0.146 e. The summed E-state index contributed by atoms with van der Waals surface area (Å²) in [5.41, 5.74) is 7.45. The Morgan fingerprint density at radius 2 is 1.48 bits per heavy atom. The highest BCUT2D eigenvalue weighted by Crippen LogP contribution is 2.49. The zero-order valence-electron chi connectivity index (χ0n) is 18.9. The summed E-state index contributed by atoms with van der Waals surface area (Å²) in [6.07, 6.45) is 0. The first-order valence-corrected chi connectivity index (χ1v) is 10.6. The monoisotopic (exact) mass is 385 g/mol. The molecule has 0 N–H and O–H groups in total. The quantitative estimate of drug-likeness (QED) is 0.351. The number of hydrogen-bond acceptors (Lipinski definition) is 2. The van der Waals surface area contributed by atoms with E-state index in [1.165, 1.54) is 33.1 Å². The Morgan fingerprint density at radius 1 is 0.862 bits per heavy atom. The molecule has 0 saturated heterocycles. The predicted molar refractivity (Wildman–Crippen MR) is 123 cm³/mol. The van der Waals surface area contributed by atoms with Gasteiger partial charge in [0.25, 0.3) is 0 Å². The number of pyridine rings is 1. The molecule has 2 aromatic carbocycles. The minimum absolute atomic E-state index is 0.0144. The Morgan fingerprint density at radius 3 is 2.14 bits per heavy atom. The Kier molecular flexibility index (Phi) is 3.47. The number of rotatable bonds is 0. The third kappa shape index (κ3) is 2.31. The van der Waals surface area contributed by atoms with Crippen LogP contribution in [0, 0.1) is 0 Å². The molecule has 0 amide bonds. The first kappa shape index (κ1) is 18.6. The van der Waals surface area contributed by atoms with Crippen molar-refractivity contribution in [3.8, 4) is 0 Å². The molecule has 0 radical (unpaired) electrons. The van der Waals surface area contributed by atoms with Gasteiger partial charge in [0.05, 0.1) is 11.0 Å². The van der Waals surface area contributed by atoms with Crippen LogP contribution in [0.5, 0.6) is 0 Å². The van der Waals surface area contributed by atoms with Crippen molar-refractivity contribution in [2.75, 3.05) is 7.05 Å². The van der Waals surface area contributed by atoms with Crippen LogP contribution in [-0.2, 0) is 16.5 Å². The van der Waals surface area contributed by atoms with E-state index in [0.29, 0.717) is 0 Å². The number of aromatic nitrogens is 2. The topological polar surface area (TPSA) is 20.5 Å². The lowest BCUT2D eigenvalue weighted by Gasteiger charge is -2.37. The molecule has 4 aromatic rings. The fourth-order valence-electron chi connectivity index (χ4n) is 5.21. The van der Waals surface area contributed by atoms with Crippen molar-refractivity contribution in [1.82, 2.24) is 14.3 Å². The lowest BCUT2D eigenvalue weighted by molar-refractivity contribution is 0.0731. The zero-order chi connectivity index (χ0) is 20.9. The van der Waals surface area contributed by atoms with Gasteiger partial charge in [-0.3, -0.25) is 9.30 Å². The van der Waals surface area contributed by atoms with Crippen molar-refractivity contribution in [3.63, 3.8) is 0 Å². The summed E-state index contributed by atoms with van der Waals surface area (Å²) in [6.45, 7) is 16.2. The van der Waals surface area contributed by atoms with Crippen LogP contribution in [0.25, 0.3) is 27.5 Å². The summed E-state index contributed by atoms with van der Waals surface area (Å²) in [7, 11) is 2.23. The normalized spacial score (nSPS) is 18.8. The molecule has 0 atom stereocenters. The summed E-state index contributed by atoms with van der Waals surface area (Å²) in [6, 6.07) is 15.7. The third-order valence-corrected chi connectivity index (χ3v) is 7.29. The van der Waals surface area contributed by atoms with Gasteiger partial charge >= 0.3 is 0 Å². The summed E-state index contributed by atoms with van der Waals surface area (Å²) in [5, 5.41) is 2.47. The molecule has 0 bridgehead atoms. The predicted octanol–water partition coefficient (Wildman–Crippen LogP) is 6.35. The van der Waals surface area contributed by atoms with Crippen LogP contribution in [0.3, 0.4) is 0 Å². The Bertz CT molecular complexity index is 1300. The van der Waals surface area contributed by atoms with Crippen LogP contribution >= 0.6 is 0 Å². The molecule has 1 aliphatic rings. The average Bonchev–Trinajstić information content (AvgIpc) is 3.08. The van der Waals surface area contributed by atoms with Crippen LogP contribution in [0.4, 0.5) is 0 Å². The minimum atomic E-state index is -0.0179. The highest BCUT2D eigenvalue weighted by atomic mass is 15.2. The molecule has 150 valence electrons. The maximum atomic E-state index is 5.18. The average molecular weight is 386 g/mol. The molecular weight excluding hydrogens is 354 g/mol. The van der Waals surface area contributed by atoms with Gasteiger partial charge in [0, 0.05) is 27.6 Å². The highest BCUT2D eigenvalue weighted by molar-refractivity contribution is 5.99. The van der Waals surface area contributed by atoms with Crippen molar-refractivity contribution in [2.45, 2.75) is 65.0 Å². The largest absolute Gasteiger partial charge is 0.296 e. The van der Waals surface area contributed by atoms with Gasteiger partial charge in [-0.2, -0.15) is 0 Å². The Balaban J connectivity index is 1.99. The molecule has 0 unspecified atom stereocenters. The second-order valence-corrected chi connectivity index (χ2v) is 10.7. The molecule has 1 aliphatic heterocycles. The van der Waals surface area contributed by atoms with Gasteiger partial charge in [-0.05, 0) is 69.5 Å². The van der Waals surface area contributed by atoms with Gasteiger partial charge in [0.1, 0.15) is 5.65 Å². The molecule has 0 aliphatic carbocycles. The highest BCUT2D eigenvalue weighted by Gasteiger charge is 2.47. The number of nitrogens with zero attached hydrogens (tertiary/aromatic N) is 3. The van der Waals surface area contributed by atoms with E-state index < -0.39 is 0 Å². The van der Waals surface area contributed by atoms with Crippen LogP contribution in [-0.4, -0.2) is 21.3 Å². The fourth-order valence-corrected chi connectivity index (χ4v) is 5.21. The molecule has 3 heterocycles. The van der Waals surface area contributed by atoms with Crippen molar-refractivity contribution in [3.05, 3.63) is 59.3 Å². The SMILES string of the molecule is CN1C(C)(C)c2cc3nc4c5ccccc5cc(C(C)(C)C)n4c3cc2C1(C)C. The molecule has 0 fully saturated rings. The molecular formula is C26H31N3. The van der Waals surface area contributed by atoms with Gasteiger partial charge in [0.2, 0.25) is 0 Å². The molecule has 3 nitrogen and oxygen atoms in total. The van der Waals surface area contributed by atoms with E-state index in [4.69, 9.17) is 4.98 Å². The van der Waals surface area contributed by atoms with Gasteiger partial charge < -0.3 is 0 Å². The maximum absolute atomic E-state index is 5.18. The molecule has 3 heteroatoms. The van der Waals surface area contributed by atoms with Crippen LogP contribution in [0.2, 0.25) is 0 Å². The second-order valence-electron chi connectivity index (χ2n) is 10.7. The van der Waals surface area contributed by atoms with Crippen LogP contribution in [0.1, 0.15) is 65.3 Å². The van der Waals surface area contributed by atoms with Gasteiger partial charge in [-0.1, -0.05) is 45.0 Å². The lowest BCUT2D eigenvalue weighted by Crippen LogP contribution is -2.42. The summed E-state index contributed by atoms with van der Waals surface area (Å²) in [4.78, 5) is 7.66. The summed E-state index contributed by atoms with van der Waals surface area (Å²) >= 11 is 0. The van der Waals surface area contributed by atoms with Gasteiger partial charge in [0.15, 0.2) is 0 Å². The minimum Gasteiger partial charge on any atom is -0.296 e. The number of hydrogen-bond donors (Lipinski definition) is 0. The lowest BCUT2D eigenvalue weighted by atomic mass is 9.89. The first-order chi connectivity index (χ1) is 13.4. The van der Waals surface area contributed by atoms with Crippen LogP contribution < -0.4 is 0 Å². The number of fused-ring (bicyclic) bond motifs is 6. The van der Waals surface area contributed by atoms with E-state index in [-0.39, 0.29) is 16.5 Å². The summed E-state index contributed by atoms with van der Waals surface area (Å²) < 4.78 is 2.40. The molecule has 5 rings (SSSR count). The van der Waals surface area contributed by atoms with Crippen molar-refractivity contribution in [1.29, 1.82) is 0 Å². The first-order valence-electron chi connectivity index (χ1n) is 10.6. The van der Waals surface area contributed by atoms with Crippen molar-refractivity contribution < 1.29 is 0 Å². The Labute approximate surface area is 173 Å². The van der Waals surface area contributed by atoms with E-state index in [9.17, 15) is 0 Å². The Hall–Kier alpha value is -2.39.